The molecule has 1 heterocycles. The molecule has 0 bridgehead atoms. The van der Waals surface area contributed by atoms with Crippen molar-refractivity contribution in [2.45, 2.75) is 19.2 Å². The van der Waals surface area contributed by atoms with Crippen molar-refractivity contribution in [3.8, 4) is 0 Å². The van der Waals surface area contributed by atoms with Crippen molar-refractivity contribution in [2.75, 3.05) is 5.32 Å². The largest absolute Gasteiger partial charge is 0.408 e. The van der Waals surface area contributed by atoms with Crippen molar-refractivity contribution < 1.29 is 14.0 Å². The first-order valence-electron chi connectivity index (χ1n) is 4.05. The van der Waals surface area contributed by atoms with Gasteiger partial charge in [-0.25, -0.2) is 4.79 Å². The van der Waals surface area contributed by atoms with E-state index < -0.39 is 17.3 Å². The summed E-state index contributed by atoms with van der Waals surface area (Å²) < 4.78 is 4.86. The van der Waals surface area contributed by atoms with Crippen LogP contribution in [0.3, 0.4) is 0 Å². The highest BCUT2D eigenvalue weighted by Crippen LogP contribution is 2.03. The van der Waals surface area contributed by atoms with Crippen molar-refractivity contribution >= 4 is 29.6 Å². The van der Waals surface area contributed by atoms with Crippen molar-refractivity contribution in [3.63, 3.8) is 0 Å². The summed E-state index contributed by atoms with van der Waals surface area (Å²) in [6.07, 6.45) is 0. The van der Waals surface area contributed by atoms with Crippen molar-refractivity contribution in [3.05, 3.63) is 5.89 Å². The van der Waals surface area contributed by atoms with E-state index in [1.165, 1.54) is 6.92 Å². The Morgan fingerprint density at radius 1 is 1.47 bits per heavy atom. The molecule has 3 amide bonds. The Hall–Kier alpha value is -1.63. The fourth-order valence-electron chi connectivity index (χ4n) is 0.687. The topological polar surface area (TPSA) is 97.1 Å². The van der Waals surface area contributed by atoms with Crippen LogP contribution in [-0.4, -0.2) is 27.5 Å². The van der Waals surface area contributed by atoms with E-state index in [0.717, 1.165) is 0 Å². The van der Waals surface area contributed by atoms with E-state index >= 15 is 0 Å². The van der Waals surface area contributed by atoms with Crippen LogP contribution in [0.5, 0.6) is 0 Å². The van der Waals surface area contributed by atoms with Crippen LogP contribution in [-0.2, 0) is 4.79 Å². The summed E-state index contributed by atoms with van der Waals surface area (Å²) in [5.41, 5.74) is 0. The summed E-state index contributed by atoms with van der Waals surface area (Å²) in [5, 5.41) is 10.4. The number of hydrogen-bond donors (Lipinski definition) is 2. The number of imide groups is 1. The monoisotopic (exact) mass is 232 g/mol. The number of nitrogens with one attached hydrogen (secondary N) is 2. The fourth-order valence-corrected chi connectivity index (χ4v) is 0.741. The highest BCUT2D eigenvalue weighted by Gasteiger charge is 2.14. The minimum atomic E-state index is -0.792. The minimum Gasteiger partial charge on any atom is -0.408 e. The zero-order chi connectivity index (χ0) is 11.4. The third-order valence-electron chi connectivity index (χ3n) is 1.34. The van der Waals surface area contributed by atoms with Gasteiger partial charge in [0.25, 0.3) is 0 Å². The number of halogens is 1. The third-order valence-corrected chi connectivity index (χ3v) is 1.54. The van der Waals surface area contributed by atoms with E-state index in [0.29, 0.717) is 5.89 Å². The number of rotatable bonds is 2. The second-order valence-electron chi connectivity index (χ2n) is 2.69. The standard InChI is InChI=1S/C7H9ClN4O3/c1-3(8)5(13)9-6(14)10-7-12-11-4(2)15-7/h3H,1-2H3,(H2,9,10,12,13,14). The van der Waals surface area contributed by atoms with Gasteiger partial charge in [0.2, 0.25) is 11.8 Å². The van der Waals surface area contributed by atoms with Gasteiger partial charge in [-0.2, -0.15) is 0 Å². The fraction of sp³-hybridized carbons (Fsp3) is 0.429. The SMILES string of the molecule is Cc1nnc(NC(=O)NC(=O)C(C)Cl)o1. The average Bonchev–Trinajstić information content (AvgIpc) is 2.50. The lowest BCUT2D eigenvalue weighted by molar-refractivity contribution is -0.119. The van der Waals surface area contributed by atoms with E-state index in [4.69, 9.17) is 16.0 Å². The molecule has 0 saturated carbocycles. The Kier molecular flexibility index (Phi) is 3.62. The maximum absolute atomic E-state index is 11.1. The molecule has 15 heavy (non-hydrogen) atoms. The molecule has 0 aromatic carbocycles. The van der Waals surface area contributed by atoms with Crippen LogP contribution in [0.25, 0.3) is 0 Å². The van der Waals surface area contributed by atoms with Gasteiger partial charge in [0.15, 0.2) is 0 Å². The van der Waals surface area contributed by atoms with E-state index in [1.807, 2.05) is 5.32 Å². The summed E-state index contributed by atoms with van der Waals surface area (Å²) in [4.78, 5) is 22.1. The molecule has 1 aromatic rings. The highest BCUT2D eigenvalue weighted by molar-refractivity contribution is 6.31. The Labute approximate surface area is 90.2 Å². The molecular formula is C7H9ClN4O3. The van der Waals surface area contributed by atoms with Gasteiger partial charge < -0.3 is 4.42 Å². The van der Waals surface area contributed by atoms with Crippen LogP contribution in [0, 0.1) is 6.92 Å². The number of hydrogen-bond acceptors (Lipinski definition) is 5. The zero-order valence-corrected chi connectivity index (χ0v) is 8.83. The highest BCUT2D eigenvalue weighted by atomic mass is 35.5. The number of aromatic nitrogens is 2. The maximum Gasteiger partial charge on any atom is 0.329 e. The normalized spacial score (nSPS) is 11.9. The number of alkyl halides is 1. The van der Waals surface area contributed by atoms with Gasteiger partial charge in [0.05, 0.1) is 0 Å². The Bertz CT molecular complexity index is 376. The Morgan fingerprint density at radius 2 is 2.13 bits per heavy atom. The number of carbonyl (C=O) groups is 2. The molecule has 7 nitrogen and oxygen atoms in total. The van der Waals surface area contributed by atoms with Gasteiger partial charge >= 0.3 is 12.0 Å². The Morgan fingerprint density at radius 3 is 2.60 bits per heavy atom. The summed E-state index contributed by atoms with van der Waals surface area (Å²) in [6.45, 7) is 3.02. The lowest BCUT2D eigenvalue weighted by Gasteiger charge is -2.03. The van der Waals surface area contributed by atoms with Gasteiger partial charge in [-0.15, -0.1) is 16.7 Å². The van der Waals surface area contributed by atoms with Crippen LogP contribution < -0.4 is 10.6 Å². The quantitative estimate of drug-likeness (QED) is 0.730. The molecule has 2 N–H and O–H groups in total. The number of nitrogens with zero attached hydrogens (tertiary/aromatic N) is 2. The van der Waals surface area contributed by atoms with E-state index in [1.54, 1.807) is 6.92 Å². The van der Waals surface area contributed by atoms with Crippen LogP contribution in [0.4, 0.5) is 10.8 Å². The molecule has 1 aromatic heterocycles. The summed E-state index contributed by atoms with van der Waals surface area (Å²) in [6, 6.07) is -0.851. The van der Waals surface area contributed by atoms with Gasteiger partial charge in [-0.05, 0) is 6.92 Å². The van der Waals surface area contributed by atoms with Crippen molar-refractivity contribution in [2.24, 2.45) is 0 Å². The first kappa shape index (κ1) is 11.4. The van der Waals surface area contributed by atoms with E-state index in [-0.39, 0.29) is 6.01 Å². The van der Waals surface area contributed by atoms with Crippen LogP contribution in [0.1, 0.15) is 12.8 Å². The van der Waals surface area contributed by atoms with Crippen LogP contribution >= 0.6 is 11.6 Å². The van der Waals surface area contributed by atoms with Crippen LogP contribution in [0.15, 0.2) is 4.42 Å². The smallest absolute Gasteiger partial charge is 0.329 e. The Balaban J connectivity index is 2.46. The number of aryl methyl sites for hydroxylation is 1. The first-order chi connectivity index (χ1) is 6.99. The lowest BCUT2D eigenvalue weighted by atomic mass is 10.4. The van der Waals surface area contributed by atoms with Crippen LogP contribution in [0.2, 0.25) is 0 Å². The second kappa shape index (κ2) is 4.74. The molecule has 0 aliphatic rings. The van der Waals surface area contributed by atoms with Gasteiger partial charge in [0, 0.05) is 6.92 Å². The molecule has 0 aliphatic heterocycles. The second-order valence-corrected chi connectivity index (χ2v) is 3.34. The molecule has 0 spiro atoms. The van der Waals surface area contributed by atoms with Gasteiger partial charge in [-0.3, -0.25) is 15.4 Å². The van der Waals surface area contributed by atoms with Crippen molar-refractivity contribution in [1.29, 1.82) is 0 Å². The molecule has 8 heteroatoms. The number of urea groups is 1. The zero-order valence-electron chi connectivity index (χ0n) is 8.07. The maximum atomic E-state index is 11.1. The molecule has 0 fully saturated rings. The molecule has 0 aliphatic carbocycles. The summed E-state index contributed by atoms with van der Waals surface area (Å²) in [5.74, 6) is -0.298. The molecule has 1 rings (SSSR count). The number of amides is 3. The molecular weight excluding hydrogens is 224 g/mol. The molecule has 0 saturated heterocycles. The first-order valence-corrected chi connectivity index (χ1v) is 4.48. The predicted octanol–water partition coefficient (Wildman–Crippen LogP) is 0.653. The summed E-state index contributed by atoms with van der Waals surface area (Å²) in [7, 11) is 0. The van der Waals surface area contributed by atoms with Gasteiger partial charge in [-0.1, -0.05) is 5.10 Å². The average molecular weight is 233 g/mol. The minimum absolute atomic E-state index is 0.0833. The predicted molar refractivity (Wildman–Crippen MR) is 51.5 cm³/mol. The molecule has 1 atom stereocenters. The molecule has 1 unspecified atom stereocenters. The number of anilines is 1. The van der Waals surface area contributed by atoms with E-state index in [2.05, 4.69) is 15.5 Å². The molecule has 0 radical (unpaired) electrons. The lowest BCUT2D eigenvalue weighted by Crippen LogP contribution is -2.38. The molecule has 82 valence electrons. The number of carbonyl (C=O) groups excluding carboxylic acids is 2. The van der Waals surface area contributed by atoms with E-state index in [9.17, 15) is 9.59 Å². The van der Waals surface area contributed by atoms with Crippen molar-refractivity contribution in [1.82, 2.24) is 15.5 Å². The van der Waals surface area contributed by atoms with Gasteiger partial charge in [0.1, 0.15) is 5.38 Å². The third kappa shape index (κ3) is 3.55. The summed E-state index contributed by atoms with van der Waals surface area (Å²) >= 11 is 5.44.